The lowest BCUT2D eigenvalue weighted by molar-refractivity contribution is 0.590. The predicted molar refractivity (Wildman–Crippen MR) is 220 cm³/mol. The van der Waals surface area contributed by atoms with Crippen molar-refractivity contribution in [1.29, 1.82) is 0 Å². The molecule has 0 N–H and O–H groups in total. The number of hydrogen-bond donors (Lipinski definition) is 0. The Morgan fingerprint density at radius 3 is 1.86 bits per heavy atom. The Balaban J connectivity index is 1.03. The highest BCUT2D eigenvalue weighted by Gasteiger charge is 2.30. The smallest absolute Gasteiger partial charge is 0.0540 e. The molecule has 0 heterocycles. The lowest BCUT2D eigenvalue weighted by Gasteiger charge is -2.32. The lowest BCUT2D eigenvalue weighted by atomic mass is 9.71. The van der Waals surface area contributed by atoms with Crippen LogP contribution in [0.25, 0.3) is 60.8 Å². The van der Waals surface area contributed by atoms with Crippen LogP contribution in [0.3, 0.4) is 0 Å². The van der Waals surface area contributed by atoms with E-state index in [9.17, 15) is 0 Å². The zero-order valence-electron chi connectivity index (χ0n) is 28.6. The molecule has 0 saturated heterocycles. The summed E-state index contributed by atoms with van der Waals surface area (Å²) >= 11 is 0. The van der Waals surface area contributed by atoms with Crippen LogP contribution in [0.4, 0.5) is 17.1 Å². The van der Waals surface area contributed by atoms with E-state index in [0.29, 0.717) is 11.8 Å². The van der Waals surface area contributed by atoms with E-state index < -0.39 is 0 Å². The molecule has 2 aliphatic carbocycles. The van der Waals surface area contributed by atoms with Gasteiger partial charge in [0.2, 0.25) is 0 Å². The average Bonchev–Trinajstić information content (AvgIpc) is 3.20. The van der Waals surface area contributed by atoms with Gasteiger partial charge in [-0.05, 0) is 103 Å². The normalized spacial score (nSPS) is 16.5. The van der Waals surface area contributed by atoms with Crippen LogP contribution in [-0.4, -0.2) is 0 Å². The van der Waals surface area contributed by atoms with E-state index in [1.165, 1.54) is 81.9 Å². The maximum atomic E-state index is 2.48. The first kappa shape index (κ1) is 29.7. The summed E-state index contributed by atoms with van der Waals surface area (Å²) in [6.45, 7) is 2.19. The monoisotopic (exact) mass is 651 g/mol. The van der Waals surface area contributed by atoms with Crippen molar-refractivity contribution >= 4 is 77.9 Å². The second-order valence-electron chi connectivity index (χ2n) is 13.9. The standard InChI is InChI=1S/C50H37N/c1-2-33(32-38-28-31-46-44-22-8-17-37-16-7-21-43(49(37)44)45-23-11-20-42(38)50(45)46)34-26-29-39(30-27-34)51(47-24-9-14-35-12-3-5-18-40(35)47)48-25-10-15-36-13-4-6-19-41(36)48/h2-31,38,42H,32H2,1H3/b33-2-. The van der Waals surface area contributed by atoms with E-state index in [1.807, 2.05) is 0 Å². The van der Waals surface area contributed by atoms with Crippen molar-refractivity contribution < 1.29 is 0 Å². The van der Waals surface area contributed by atoms with E-state index in [4.69, 9.17) is 0 Å². The third kappa shape index (κ3) is 4.77. The fraction of sp³-hybridized carbons (Fsp3) is 0.0800. The van der Waals surface area contributed by atoms with Gasteiger partial charge in [0.25, 0.3) is 0 Å². The summed E-state index contributed by atoms with van der Waals surface area (Å²) in [7, 11) is 0. The number of fused-ring (bicyclic) bond motifs is 4. The van der Waals surface area contributed by atoms with Crippen molar-refractivity contribution in [2.24, 2.45) is 5.92 Å². The summed E-state index contributed by atoms with van der Waals surface area (Å²) < 4.78 is 0. The van der Waals surface area contributed by atoms with E-state index in [2.05, 4.69) is 194 Å². The minimum absolute atomic E-state index is 0.344. The Kier molecular flexibility index (Phi) is 6.99. The first-order valence-electron chi connectivity index (χ1n) is 18.1. The van der Waals surface area contributed by atoms with E-state index in [0.717, 1.165) is 12.1 Å². The fourth-order valence-corrected chi connectivity index (χ4v) is 8.90. The van der Waals surface area contributed by atoms with Crippen molar-refractivity contribution in [1.82, 2.24) is 0 Å². The van der Waals surface area contributed by atoms with Crippen LogP contribution in [0.15, 0.2) is 170 Å². The molecule has 8 aromatic carbocycles. The van der Waals surface area contributed by atoms with Crippen molar-refractivity contribution in [2.75, 3.05) is 4.90 Å². The summed E-state index contributed by atoms with van der Waals surface area (Å²) in [5.41, 5.74) is 9.04. The van der Waals surface area contributed by atoms with Crippen LogP contribution < -0.4 is 10.1 Å². The molecule has 0 saturated carbocycles. The van der Waals surface area contributed by atoms with Crippen molar-refractivity contribution in [2.45, 2.75) is 19.3 Å². The third-order valence-corrected chi connectivity index (χ3v) is 11.3. The zero-order valence-corrected chi connectivity index (χ0v) is 28.6. The van der Waals surface area contributed by atoms with Gasteiger partial charge in [-0.3, -0.25) is 0 Å². The van der Waals surface area contributed by atoms with Crippen LogP contribution >= 0.6 is 0 Å². The van der Waals surface area contributed by atoms with Crippen molar-refractivity contribution in [3.63, 3.8) is 0 Å². The van der Waals surface area contributed by atoms with Gasteiger partial charge in [0.15, 0.2) is 0 Å². The Labute approximate surface area is 298 Å². The highest BCUT2D eigenvalue weighted by atomic mass is 15.1. The van der Waals surface area contributed by atoms with Gasteiger partial charge in [-0.15, -0.1) is 0 Å². The van der Waals surface area contributed by atoms with Crippen LogP contribution in [0.2, 0.25) is 0 Å². The van der Waals surface area contributed by atoms with E-state index in [-0.39, 0.29) is 0 Å². The van der Waals surface area contributed by atoms with Crippen molar-refractivity contribution in [3.05, 3.63) is 192 Å². The minimum atomic E-state index is 0.344. The summed E-state index contributed by atoms with van der Waals surface area (Å²) in [6.07, 6.45) is 15.2. The first-order chi connectivity index (χ1) is 25.3. The van der Waals surface area contributed by atoms with Crippen LogP contribution in [0, 0.1) is 5.92 Å². The van der Waals surface area contributed by atoms with E-state index >= 15 is 0 Å². The van der Waals surface area contributed by atoms with Gasteiger partial charge < -0.3 is 4.90 Å². The van der Waals surface area contributed by atoms with Gasteiger partial charge in [0, 0.05) is 22.4 Å². The quantitative estimate of drug-likeness (QED) is 0.173. The number of benzene rings is 8. The van der Waals surface area contributed by atoms with Gasteiger partial charge in [-0.2, -0.15) is 0 Å². The maximum absolute atomic E-state index is 2.48. The maximum Gasteiger partial charge on any atom is 0.0540 e. The zero-order chi connectivity index (χ0) is 33.9. The molecular weight excluding hydrogens is 615 g/mol. The molecule has 0 aliphatic heterocycles. The molecule has 0 aromatic heterocycles. The Hall–Kier alpha value is -6.18. The molecule has 10 rings (SSSR count). The van der Waals surface area contributed by atoms with Gasteiger partial charge in [-0.1, -0.05) is 158 Å². The van der Waals surface area contributed by atoms with Crippen LogP contribution in [0.5, 0.6) is 0 Å². The van der Waals surface area contributed by atoms with Gasteiger partial charge >= 0.3 is 0 Å². The molecule has 2 unspecified atom stereocenters. The van der Waals surface area contributed by atoms with Gasteiger partial charge in [0.05, 0.1) is 11.4 Å². The molecule has 0 spiro atoms. The molecule has 0 fully saturated rings. The van der Waals surface area contributed by atoms with Crippen LogP contribution in [-0.2, 0) is 0 Å². The second kappa shape index (κ2) is 12.0. The fourth-order valence-electron chi connectivity index (χ4n) is 8.90. The largest absolute Gasteiger partial charge is 0.309 e. The lowest BCUT2D eigenvalue weighted by Crippen LogP contribution is -2.25. The molecule has 1 nitrogen and oxygen atoms in total. The molecule has 0 amide bonds. The molecule has 0 radical (unpaired) electrons. The SMILES string of the molecule is C/C=C(/CC1C=Cc2c3c(c4cccc5cccc2c54)=CC=CC31)c1ccc(N(c2cccc3ccccc23)c2cccc3ccccc23)cc1. The van der Waals surface area contributed by atoms with E-state index in [1.54, 1.807) is 0 Å². The van der Waals surface area contributed by atoms with Gasteiger partial charge in [0.1, 0.15) is 0 Å². The predicted octanol–water partition coefficient (Wildman–Crippen LogP) is 13.1. The molecule has 8 aromatic rings. The summed E-state index contributed by atoms with van der Waals surface area (Å²) in [6, 6.07) is 53.4. The average molecular weight is 652 g/mol. The molecule has 2 aliphatic rings. The summed E-state index contributed by atoms with van der Waals surface area (Å²) in [5.74, 6) is 0.720. The molecular formula is C50H37N. The minimum Gasteiger partial charge on any atom is -0.309 e. The topological polar surface area (TPSA) is 3.24 Å². The van der Waals surface area contributed by atoms with Gasteiger partial charge in [-0.25, -0.2) is 0 Å². The highest BCUT2D eigenvalue weighted by Crippen LogP contribution is 2.45. The molecule has 1 heteroatoms. The molecule has 0 bridgehead atoms. The molecule has 2 atom stereocenters. The Morgan fingerprint density at radius 2 is 1.18 bits per heavy atom. The van der Waals surface area contributed by atoms with Crippen LogP contribution in [0.1, 0.15) is 36.0 Å². The number of nitrogens with zero attached hydrogens (tertiary/aromatic N) is 1. The Bertz CT molecular complexity index is 2700. The Morgan fingerprint density at radius 1 is 0.588 bits per heavy atom. The second-order valence-corrected chi connectivity index (χ2v) is 13.9. The van der Waals surface area contributed by atoms with Crippen molar-refractivity contribution in [3.8, 4) is 0 Å². The highest BCUT2D eigenvalue weighted by molar-refractivity contribution is 6.14. The molecule has 242 valence electrons. The number of rotatable bonds is 6. The summed E-state index contributed by atoms with van der Waals surface area (Å²) in [4.78, 5) is 2.43. The summed E-state index contributed by atoms with van der Waals surface area (Å²) in [5, 5.41) is 11.8. The third-order valence-electron chi connectivity index (χ3n) is 11.3. The molecule has 51 heavy (non-hydrogen) atoms. The number of allylic oxidation sites excluding steroid dienone is 5. The first-order valence-corrected chi connectivity index (χ1v) is 18.1. The number of hydrogen-bond acceptors (Lipinski definition) is 1. The number of anilines is 3.